The SMILES string of the molecule is COC(=O)c1ccc(CN2CC[C@H](O)C2)cc1. The number of ether oxygens (including phenoxy) is 1. The van der Waals surface area contributed by atoms with Crippen molar-refractivity contribution < 1.29 is 14.6 Å². The van der Waals surface area contributed by atoms with Gasteiger partial charge in [0.15, 0.2) is 0 Å². The molecule has 0 aromatic heterocycles. The topological polar surface area (TPSA) is 49.8 Å². The van der Waals surface area contributed by atoms with Gasteiger partial charge in [-0.25, -0.2) is 4.79 Å². The Morgan fingerprint density at radius 2 is 2.18 bits per heavy atom. The van der Waals surface area contributed by atoms with Crippen LogP contribution in [0.1, 0.15) is 22.3 Å². The van der Waals surface area contributed by atoms with Gasteiger partial charge in [-0.2, -0.15) is 0 Å². The number of esters is 1. The van der Waals surface area contributed by atoms with Crippen molar-refractivity contribution >= 4 is 5.97 Å². The lowest BCUT2D eigenvalue weighted by Gasteiger charge is -2.14. The van der Waals surface area contributed by atoms with Crippen LogP contribution in [0.15, 0.2) is 24.3 Å². The predicted molar refractivity (Wildman–Crippen MR) is 63.7 cm³/mol. The molecule has 1 aliphatic heterocycles. The maximum atomic E-state index is 11.2. The van der Waals surface area contributed by atoms with E-state index in [4.69, 9.17) is 0 Å². The van der Waals surface area contributed by atoms with Crippen LogP contribution < -0.4 is 0 Å². The fraction of sp³-hybridized carbons (Fsp3) is 0.462. The molecule has 1 aliphatic rings. The van der Waals surface area contributed by atoms with Gasteiger partial charge in [0.2, 0.25) is 0 Å². The Hall–Kier alpha value is -1.39. The first-order chi connectivity index (χ1) is 8.19. The third-order valence-corrected chi connectivity index (χ3v) is 3.03. The Bertz CT molecular complexity index is 388. The highest BCUT2D eigenvalue weighted by Crippen LogP contribution is 2.14. The van der Waals surface area contributed by atoms with Crippen molar-refractivity contribution in [2.24, 2.45) is 0 Å². The maximum absolute atomic E-state index is 11.2. The van der Waals surface area contributed by atoms with Crippen molar-refractivity contribution in [1.29, 1.82) is 0 Å². The van der Waals surface area contributed by atoms with Crippen molar-refractivity contribution in [3.05, 3.63) is 35.4 Å². The average Bonchev–Trinajstić information content (AvgIpc) is 2.75. The summed E-state index contributed by atoms with van der Waals surface area (Å²) in [6, 6.07) is 7.40. The Balaban J connectivity index is 1.96. The van der Waals surface area contributed by atoms with Crippen LogP contribution in [0, 0.1) is 0 Å². The number of likely N-dealkylation sites (tertiary alicyclic amines) is 1. The second-order valence-electron chi connectivity index (χ2n) is 4.37. The average molecular weight is 235 g/mol. The highest BCUT2D eigenvalue weighted by Gasteiger charge is 2.19. The molecule has 4 heteroatoms. The lowest BCUT2D eigenvalue weighted by Crippen LogP contribution is -2.21. The number of rotatable bonds is 3. The van der Waals surface area contributed by atoms with E-state index < -0.39 is 0 Å². The summed E-state index contributed by atoms with van der Waals surface area (Å²) in [6.45, 7) is 2.48. The molecule has 1 aromatic carbocycles. The van der Waals surface area contributed by atoms with Gasteiger partial charge in [0.1, 0.15) is 0 Å². The van der Waals surface area contributed by atoms with Gasteiger partial charge in [-0.05, 0) is 24.1 Å². The number of hydrogen-bond donors (Lipinski definition) is 1. The molecule has 4 nitrogen and oxygen atoms in total. The van der Waals surface area contributed by atoms with E-state index in [0.29, 0.717) is 5.56 Å². The van der Waals surface area contributed by atoms with Gasteiger partial charge in [-0.15, -0.1) is 0 Å². The first-order valence-corrected chi connectivity index (χ1v) is 5.76. The first-order valence-electron chi connectivity index (χ1n) is 5.76. The molecule has 1 fully saturated rings. The van der Waals surface area contributed by atoms with E-state index in [0.717, 1.165) is 31.6 Å². The van der Waals surface area contributed by atoms with E-state index in [1.54, 1.807) is 12.1 Å². The maximum Gasteiger partial charge on any atom is 0.337 e. The second kappa shape index (κ2) is 5.29. The molecule has 1 saturated heterocycles. The minimum atomic E-state index is -0.312. The molecule has 92 valence electrons. The number of β-amino-alcohol motifs (C(OH)–C–C–N with tert-alkyl or cyclic N) is 1. The van der Waals surface area contributed by atoms with Crippen molar-refractivity contribution in [1.82, 2.24) is 4.90 Å². The number of aliphatic hydroxyl groups excluding tert-OH is 1. The van der Waals surface area contributed by atoms with E-state index in [1.165, 1.54) is 7.11 Å². The van der Waals surface area contributed by atoms with Crippen molar-refractivity contribution in [3.8, 4) is 0 Å². The van der Waals surface area contributed by atoms with Crippen LogP contribution in [0.3, 0.4) is 0 Å². The molecule has 1 aromatic rings. The number of aliphatic hydroxyl groups is 1. The second-order valence-corrected chi connectivity index (χ2v) is 4.37. The smallest absolute Gasteiger partial charge is 0.337 e. The summed E-state index contributed by atoms with van der Waals surface area (Å²) in [6.07, 6.45) is 0.657. The van der Waals surface area contributed by atoms with Crippen LogP contribution in [0.4, 0.5) is 0 Å². The molecule has 0 saturated carbocycles. The van der Waals surface area contributed by atoms with E-state index in [9.17, 15) is 9.90 Å². The van der Waals surface area contributed by atoms with Crippen molar-refractivity contribution in [2.45, 2.75) is 19.1 Å². The van der Waals surface area contributed by atoms with Crippen LogP contribution in [0.2, 0.25) is 0 Å². The normalized spacial score (nSPS) is 20.5. The molecule has 1 heterocycles. The zero-order chi connectivity index (χ0) is 12.3. The lowest BCUT2D eigenvalue weighted by molar-refractivity contribution is 0.0600. The van der Waals surface area contributed by atoms with Gasteiger partial charge in [-0.3, -0.25) is 4.90 Å². The monoisotopic (exact) mass is 235 g/mol. The summed E-state index contributed by atoms with van der Waals surface area (Å²) in [5, 5.41) is 9.42. The zero-order valence-electron chi connectivity index (χ0n) is 9.93. The van der Waals surface area contributed by atoms with Crippen molar-refractivity contribution in [3.63, 3.8) is 0 Å². The predicted octanol–water partition coefficient (Wildman–Crippen LogP) is 1.04. The van der Waals surface area contributed by atoms with Gasteiger partial charge in [0.05, 0.1) is 18.8 Å². The molecule has 0 bridgehead atoms. The van der Waals surface area contributed by atoms with E-state index in [-0.39, 0.29) is 12.1 Å². The highest BCUT2D eigenvalue weighted by atomic mass is 16.5. The number of carbonyl (C=O) groups is 1. The summed E-state index contributed by atoms with van der Waals surface area (Å²) >= 11 is 0. The fourth-order valence-electron chi connectivity index (χ4n) is 2.08. The molecule has 17 heavy (non-hydrogen) atoms. The summed E-state index contributed by atoms with van der Waals surface area (Å²) in [5.74, 6) is -0.312. The van der Waals surface area contributed by atoms with Gasteiger partial charge in [0, 0.05) is 19.6 Å². The minimum absolute atomic E-state index is 0.190. The number of hydrogen-bond acceptors (Lipinski definition) is 4. The van der Waals surface area contributed by atoms with Crippen LogP contribution in [0.5, 0.6) is 0 Å². The molecule has 0 spiro atoms. The summed E-state index contributed by atoms with van der Waals surface area (Å²) in [7, 11) is 1.38. The van der Waals surface area contributed by atoms with Crippen LogP contribution in [-0.4, -0.2) is 42.3 Å². The molecule has 0 radical (unpaired) electrons. The van der Waals surface area contributed by atoms with Crippen molar-refractivity contribution in [2.75, 3.05) is 20.2 Å². The van der Waals surface area contributed by atoms with Gasteiger partial charge < -0.3 is 9.84 Å². The number of nitrogens with zero attached hydrogens (tertiary/aromatic N) is 1. The third-order valence-electron chi connectivity index (χ3n) is 3.03. The summed E-state index contributed by atoms with van der Waals surface area (Å²) in [5.41, 5.74) is 1.71. The number of benzene rings is 1. The van der Waals surface area contributed by atoms with E-state index >= 15 is 0 Å². The highest BCUT2D eigenvalue weighted by molar-refractivity contribution is 5.89. The van der Waals surface area contributed by atoms with Crippen LogP contribution in [0.25, 0.3) is 0 Å². The molecule has 0 unspecified atom stereocenters. The van der Waals surface area contributed by atoms with Gasteiger partial charge >= 0.3 is 5.97 Å². The Morgan fingerprint density at radius 1 is 1.47 bits per heavy atom. The lowest BCUT2D eigenvalue weighted by atomic mass is 10.1. The molecular formula is C13H17NO3. The molecule has 2 rings (SSSR count). The Labute approximate surface area is 101 Å². The molecule has 0 amide bonds. The third kappa shape index (κ3) is 3.05. The van der Waals surface area contributed by atoms with E-state index in [1.807, 2.05) is 12.1 Å². The number of carbonyl (C=O) groups excluding carboxylic acids is 1. The minimum Gasteiger partial charge on any atom is -0.465 e. The Kier molecular flexibility index (Phi) is 3.76. The van der Waals surface area contributed by atoms with E-state index in [2.05, 4.69) is 9.64 Å². The standard InChI is InChI=1S/C13H17NO3/c1-17-13(16)11-4-2-10(3-5-11)8-14-7-6-12(15)9-14/h2-5,12,15H,6-9H2,1H3/t12-/m0/s1. The van der Waals surface area contributed by atoms with Crippen LogP contribution >= 0.6 is 0 Å². The van der Waals surface area contributed by atoms with Crippen LogP contribution in [-0.2, 0) is 11.3 Å². The first kappa shape index (κ1) is 12.1. The largest absolute Gasteiger partial charge is 0.465 e. The molecule has 0 aliphatic carbocycles. The fourth-order valence-corrected chi connectivity index (χ4v) is 2.08. The summed E-state index contributed by atoms with van der Waals surface area (Å²) < 4.78 is 4.64. The molecular weight excluding hydrogens is 218 g/mol. The molecule has 1 N–H and O–H groups in total. The zero-order valence-corrected chi connectivity index (χ0v) is 9.93. The quantitative estimate of drug-likeness (QED) is 0.795. The van der Waals surface area contributed by atoms with Gasteiger partial charge in [0.25, 0.3) is 0 Å². The molecule has 1 atom stereocenters. The van der Waals surface area contributed by atoms with Gasteiger partial charge in [-0.1, -0.05) is 12.1 Å². The number of methoxy groups -OCH3 is 1. The summed E-state index contributed by atoms with van der Waals surface area (Å²) in [4.78, 5) is 13.5. The Morgan fingerprint density at radius 3 is 2.71 bits per heavy atom.